The molecule has 1 atom stereocenters. The van der Waals surface area contributed by atoms with Crippen molar-refractivity contribution >= 4 is 35.1 Å². The molecule has 4 rings (SSSR count). The molecule has 0 aromatic heterocycles. The summed E-state index contributed by atoms with van der Waals surface area (Å²) >= 11 is 5.91. The first-order chi connectivity index (χ1) is 17.3. The highest BCUT2D eigenvalue weighted by molar-refractivity contribution is 6.30. The highest BCUT2D eigenvalue weighted by atomic mass is 35.5. The molecule has 0 spiro atoms. The van der Waals surface area contributed by atoms with E-state index in [4.69, 9.17) is 22.1 Å². The first-order valence-corrected chi connectivity index (χ1v) is 12.6. The van der Waals surface area contributed by atoms with Crippen LogP contribution in [0.2, 0.25) is 5.02 Å². The van der Waals surface area contributed by atoms with Gasteiger partial charge >= 0.3 is 6.03 Å². The van der Waals surface area contributed by atoms with E-state index in [2.05, 4.69) is 10.6 Å². The van der Waals surface area contributed by atoms with Gasteiger partial charge in [-0.3, -0.25) is 14.5 Å². The number of nitrogens with one attached hydrogen (secondary N) is 2. The van der Waals surface area contributed by atoms with Gasteiger partial charge in [-0.1, -0.05) is 23.7 Å². The SMILES string of the molecule is Cc1cccc(NC(=O)N2CCN(C(=O)COc3ccc(Cl)cc3)C2C(=O)NC2CCC(N)CC2)c1. The molecular formula is C26H32ClN5O4. The highest BCUT2D eigenvalue weighted by Gasteiger charge is 2.43. The summed E-state index contributed by atoms with van der Waals surface area (Å²) in [5.41, 5.74) is 7.62. The van der Waals surface area contributed by atoms with Gasteiger partial charge < -0.3 is 26.0 Å². The van der Waals surface area contributed by atoms with Crippen LogP contribution in [-0.4, -0.2) is 65.6 Å². The van der Waals surface area contributed by atoms with Gasteiger partial charge in [-0.25, -0.2) is 4.79 Å². The fraction of sp³-hybridized carbons (Fsp3) is 0.423. The average Bonchev–Trinajstić information content (AvgIpc) is 3.31. The summed E-state index contributed by atoms with van der Waals surface area (Å²) in [6.07, 6.45) is 2.10. The fourth-order valence-corrected chi connectivity index (χ4v) is 4.73. The van der Waals surface area contributed by atoms with Crippen LogP contribution >= 0.6 is 11.6 Å². The normalized spacial score (nSPS) is 21.7. The predicted molar refractivity (Wildman–Crippen MR) is 138 cm³/mol. The second-order valence-corrected chi connectivity index (χ2v) is 9.75. The molecule has 2 aromatic rings. The number of amides is 4. The molecule has 1 saturated carbocycles. The number of hydrogen-bond donors (Lipinski definition) is 3. The van der Waals surface area contributed by atoms with E-state index in [9.17, 15) is 14.4 Å². The van der Waals surface area contributed by atoms with Crippen LogP contribution in [-0.2, 0) is 9.59 Å². The van der Waals surface area contributed by atoms with Crippen molar-refractivity contribution in [3.05, 3.63) is 59.1 Å². The third-order valence-corrected chi connectivity index (χ3v) is 6.80. The molecule has 36 heavy (non-hydrogen) atoms. The molecule has 2 fully saturated rings. The Balaban J connectivity index is 1.47. The summed E-state index contributed by atoms with van der Waals surface area (Å²) in [6.45, 7) is 2.10. The molecule has 4 N–H and O–H groups in total. The minimum Gasteiger partial charge on any atom is -0.484 e. The van der Waals surface area contributed by atoms with E-state index < -0.39 is 12.2 Å². The van der Waals surface area contributed by atoms with Crippen LogP contribution in [0.3, 0.4) is 0 Å². The number of rotatable bonds is 6. The fourth-order valence-electron chi connectivity index (χ4n) is 4.60. The number of aryl methyl sites for hydroxylation is 1. The van der Waals surface area contributed by atoms with E-state index in [1.807, 2.05) is 25.1 Å². The van der Waals surface area contributed by atoms with Crippen molar-refractivity contribution in [1.82, 2.24) is 15.1 Å². The smallest absolute Gasteiger partial charge is 0.323 e. The highest BCUT2D eigenvalue weighted by Crippen LogP contribution is 2.22. The molecule has 1 saturated heterocycles. The molecule has 2 aromatic carbocycles. The summed E-state index contributed by atoms with van der Waals surface area (Å²) in [5.74, 6) is -0.283. The third-order valence-electron chi connectivity index (χ3n) is 6.55. The number of anilines is 1. The van der Waals surface area contributed by atoms with E-state index in [1.165, 1.54) is 9.80 Å². The molecule has 1 heterocycles. The molecule has 0 radical (unpaired) electrons. The maximum Gasteiger partial charge on any atom is 0.323 e. The minimum absolute atomic E-state index is 0.0400. The summed E-state index contributed by atoms with van der Waals surface area (Å²) in [7, 11) is 0. The van der Waals surface area contributed by atoms with E-state index >= 15 is 0 Å². The molecule has 1 aliphatic carbocycles. The van der Waals surface area contributed by atoms with Crippen LogP contribution in [0.4, 0.5) is 10.5 Å². The van der Waals surface area contributed by atoms with E-state index in [0.29, 0.717) is 16.5 Å². The topological polar surface area (TPSA) is 117 Å². The summed E-state index contributed by atoms with van der Waals surface area (Å²) in [6, 6.07) is 13.7. The minimum atomic E-state index is -1.08. The van der Waals surface area contributed by atoms with Crippen molar-refractivity contribution in [2.45, 2.75) is 50.9 Å². The lowest BCUT2D eigenvalue weighted by Gasteiger charge is -2.32. The number of carbonyl (C=O) groups excluding carboxylic acids is 3. The molecule has 9 nitrogen and oxygen atoms in total. The van der Waals surface area contributed by atoms with Gasteiger partial charge in [0, 0.05) is 35.9 Å². The Morgan fingerprint density at radius 3 is 2.42 bits per heavy atom. The second-order valence-electron chi connectivity index (χ2n) is 9.32. The molecule has 2 aliphatic rings. The van der Waals surface area contributed by atoms with Gasteiger partial charge in [-0.05, 0) is 74.6 Å². The quantitative estimate of drug-likeness (QED) is 0.548. The molecule has 1 aliphatic heterocycles. The number of benzene rings is 2. The first-order valence-electron chi connectivity index (χ1n) is 12.2. The first kappa shape index (κ1) is 25.8. The Morgan fingerprint density at radius 2 is 1.72 bits per heavy atom. The Hall–Kier alpha value is -3.30. The lowest BCUT2D eigenvalue weighted by molar-refractivity contribution is -0.143. The molecule has 4 amide bonds. The number of hydrogen-bond acceptors (Lipinski definition) is 5. The largest absolute Gasteiger partial charge is 0.484 e. The summed E-state index contributed by atoms with van der Waals surface area (Å²) < 4.78 is 5.62. The predicted octanol–water partition coefficient (Wildman–Crippen LogP) is 3.12. The molecular weight excluding hydrogens is 482 g/mol. The summed E-state index contributed by atoms with van der Waals surface area (Å²) in [5, 5.41) is 6.45. The monoisotopic (exact) mass is 513 g/mol. The van der Waals surface area contributed by atoms with E-state index in [0.717, 1.165) is 31.2 Å². The van der Waals surface area contributed by atoms with Gasteiger partial charge in [0.1, 0.15) is 5.75 Å². The molecule has 0 bridgehead atoms. The number of urea groups is 1. The number of halogens is 1. The van der Waals surface area contributed by atoms with Crippen molar-refractivity contribution in [3.8, 4) is 5.75 Å². The zero-order chi connectivity index (χ0) is 25.7. The van der Waals surface area contributed by atoms with Gasteiger partial charge in [-0.2, -0.15) is 0 Å². The second kappa shape index (κ2) is 11.6. The van der Waals surface area contributed by atoms with Crippen molar-refractivity contribution < 1.29 is 19.1 Å². The molecule has 192 valence electrons. The number of carbonyl (C=O) groups is 3. The standard InChI is InChI=1S/C26H32ClN5O4/c1-17-3-2-4-21(15-17)30-26(35)32-14-13-31(23(33)16-36-22-11-5-18(27)6-12-22)25(32)24(34)29-20-9-7-19(28)8-10-20/h2-6,11-12,15,19-20,25H,7-10,13-14,16,28H2,1H3,(H,29,34)(H,30,35). The van der Waals surface area contributed by atoms with Crippen molar-refractivity contribution in [1.29, 1.82) is 0 Å². The maximum atomic E-state index is 13.4. The van der Waals surface area contributed by atoms with E-state index in [-0.39, 0.29) is 43.6 Å². The number of nitrogens with zero attached hydrogens (tertiary/aromatic N) is 2. The molecule has 10 heteroatoms. The lowest BCUT2D eigenvalue weighted by atomic mass is 9.92. The van der Waals surface area contributed by atoms with Crippen LogP contribution < -0.4 is 21.1 Å². The third kappa shape index (κ3) is 6.47. The van der Waals surface area contributed by atoms with Crippen LogP contribution in [0.1, 0.15) is 31.2 Å². The van der Waals surface area contributed by atoms with Crippen LogP contribution in [0.5, 0.6) is 5.75 Å². The van der Waals surface area contributed by atoms with Gasteiger partial charge in [0.05, 0.1) is 0 Å². The van der Waals surface area contributed by atoms with Crippen molar-refractivity contribution in [2.75, 3.05) is 25.0 Å². The molecule has 1 unspecified atom stereocenters. The van der Waals surface area contributed by atoms with Crippen molar-refractivity contribution in [2.24, 2.45) is 5.73 Å². The van der Waals surface area contributed by atoms with Crippen LogP contribution in [0.25, 0.3) is 0 Å². The van der Waals surface area contributed by atoms with Gasteiger partial charge in [0.15, 0.2) is 12.8 Å². The Morgan fingerprint density at radius 1 is 1.03 bits per heavy atom. The van der Waals surface area contributed by atoms with Gasteiger partial charge in [0.25, 0.3) is 11.8 Å². The van der Waals surface area contributed by atoms with E-state index in [1.54, 1.807) is 30.3 Å². The van der Waals surface area contributed by atoms with Gasteiger partial charge in [0.2, 0.25) is 0 Å². The average molecular weight is 514 g/mol. The zero-order valence-electron chi connectivity index (χ0n) is 20.3. The Labute approximate surface area is 215 Å². The lowest BCUT2D eigenvalue weighted by Crippen LogP contribution is -2.57. The number of ether oxygens (including phenoxy) is 1. The van der Waals surface area contributed by atoms with Gasteiger partial charge in [-0.15, -0.1) is 0 Å². The number of nitrogens with two attached hydrogens (primary N) is 1. The van der Waals surface area contributed by atoms with Crippen LogP contribution in [0, 0.1) is 6.92 Å². The Kier molecular flexibility index (Phi) is 8.32. The van der Waals surface area contributed by atoms with Crippen LogP contribution in [0.15, 0.2) is 48.5 Å². The Bertz CT molecular complexity index is 1090. The maximum absolute atomic E-state index is 13.4. The summed E-state index contributed by atoms with van der Waals surface area (Å²) in [4.78, 5) is 42.5. The van der Waals surface area contributed by atoms with Crippen molar-refractivity contribution in [3.63, 3.8) is 0 Å². The zero-order valence-corrected chi connectivity index (χ0v) is 21.0.